The Balaban J connectivity index is 2.55. The lowest BCUT2D eigenvalue weighted by Gasteiger charge is -2.15. The summed E-state index contributed by atoms with van der Waals surface area (Å²) in [6, 6.07) is 3.96. The maximum atomic E-state index is 14.0. The van der Waals surface area contributed by atoms with Crippen LogP contribution in [0.25, 0.3) is 0 Å². The Morgan fingerprint density at radius 1 is 1.18 bits per heavy atom. The average molecular weight is 343 g/mol. The van der Waals surface area contributed by atoms with E-state index in [4.69, 9.17) is 0 Å². The molecule has 22 heavy (non-hydrogen) atoms. The molecule has 0 radical (unpaired) electrons. The summed E-state index contributed by atoms with van der Waals surface area (Å²) in [5.74, 6) is -0.658. The Labute approximate surface area is 134 Å². The van der Waals surface area contributed by atoms with Crippen LogP contribution in [0.5, 0.6) is 0 Å². The monoisotopic (exact) mass is 343 g/mol. The second-order valence-corrected chi connectivity index (χ2v) is 8.23. The molecule has 0 saturated heterocycles. The van der Waals surface area contributed by atoms with Gasteiger partial charge in [0.25, 0.3) is 0 Å². The predicted octanol–water partition coefficient (Wildman–Crippen LogP) is 2.75. The number of aromatic nitrogens is 2. The molecule has 0 aliphatic carbocycles. The van der Waals surface area contributed by atoms with Gasteiger partial charge in [0.15, 0.2) is 10.8 Å². The quantitative estimate of drug-likeness (QED) is 0.856. The molecule has 2 aromatic rings. The van der Waals surface area contributed by atoms with E-state index in [0.717, 1.165) is 47.9 Å². The highest BCUT2D eigenvalue weighted by Crippen LogP contribution is 2.35. The first-order valence-electron chi connectivity index (χ1n) is 6.57. The minimum atomic E-state index is -3.86. The van der Waals surface area contributed by atoms with Crippen LogP contribution in [0.3, 0.4) is 0 Å². The van der Waals surface area contributed by atoms with Crippen molar-refractivity contribution in [2.24, 2.45) is 0 Å². The second-order valence-electron chi connectivity index (χ2n) is 5.26. The number of rotatable bonds is 4. The zero-order chi connectivity index (χ0) is 16.7. The van der Waals surface area contributed by atoms with Crippen LogP contribution in [0.4, 0.5) is 4.39 Å². The summed E-state index contributed by atoms with van der Waals surface area (Å²) < 4.78 is 40.2. The largest absolute Gasteiger partial charge is 0.323 e. The van der Waals surface area contributed by atoms with Crippen molar-refractivity contribution in [1.29, 1.82) is 0 Å². The number of hydrogen-bond donors (Lipinski definition) is 0. The number of halogens is 1. The molecule has 0 bridgehead atoms. The average Bonchev–Trinajstić information content (AvgIpc) is 2.75. The topological polar surface area (TPSA) is 55.2 Å². The standard InChI is InChI=1S/C14H18FN3O2S2/c1-9-6-10(2)13(11(3)7-9)21-14-12(15)8-16-18(14)22(19,20)17(4)5/h6-8H,1-5H3. The van der Waals surface area contributed by atoms with Crippen LogP contribution in [0.15, 0.2) is 28.3 Å². The van der Waals surface area contributed by atoms with Gasteiger partial charge in [0.2, 0.25) is 0 Å². The van der Waals surface area contributed by atoms with Gasteiger partial charge in [0.1, 0.15) is 0 Å². The van der Waals surface area contributed by atoms with Crippen molar-refractivity contribution in [3.63, 3.8) is 0 Å². The highest BCUT2D eigenvalue weighted by Gasteiger charge is 2.25. The molecule has 0 N–H and O–H groups in total. The Bertz CT molecular complexity index is 790. The van der Waals surface area contributed by atoms with Crippen molar-refractivity contribution < 1.29 is 12.8 Å². The van der Waals surface area contributed by atoms with E-state index in [1.807, 2.05) is 32.9 Å². The van der Waals surface area contributed by atoms with Crippen molar-refractivity contribution >= 4 is 22.0 Å². The molecule has 0 aliphatic heterocycles. The molecular formula is C14H18FN3O2S2. The highest BCUT2D eigenvalue weighted by molar-refractivity contribution is 8.00. The van der Waals surface area contributed by atoms with Crippen molar-refractivity contribution in [2.75, 3.05) is 14.1 Å². The summed E-state index contributed by atoms with van der Waals surface area (Å²) >= 11 is 1.07. The van der Waals surface area contributed by atoms with Gasteiger partial charge in [-0.3, -0.25) is 0 Å². The van der Waals surface area contributed by atoms with Gasteiger partial charge in [-0.25, -0.2) is 4.39 Å². The van der Waals surface area contributed by atoms with Gasteiger partial charge in [-0.15, -0.1) is 4.09 Å². The fraction of sp³-hybridized carbons (Fsp3) is 0.357. The smallest absolute Gasteiger partial charge is 0.202 e. The molecule has 0 amide bonds. The minimum absolute atomic E-state index is 0.0382. The van der Waals surface area contributed by atoms with E-state index in [2.05, 4.69) is 5.10 Å². The summed E-state index contributed by atoms with van der Waals surface area (Å²) in [6.45, 7) is 5.82. The zero-order valence-corrected chi connectivity index (χ0v) is 14.7. The lowest BCUT2D eigenvalue weighted by atomic mass is 10.1. The molecular weight excluding hydrogens is 325 g/mol. The third kappa shape index (κ3) is 3.04. The van der Waals surface area contributed by atoms with Gasteiger partial charge >= 0.3 is 10.2 Å². The van der Waals surface area contributed by atoms with Gasteiger partial charge < -0.3 is 0 Å². The molecule has 2 rings (SSSR count). The van der Waals surface area contributed by atoms with Crippen molar-refractivity contribution in [3.05, 3.63) is 40.8 Å². The molecule has 1 aromatic heterocycles. The SMILES string of the molecule is Cc1cc(C)c(Sc2c(F)cnn2S(=O)(=O)N(C)C)c(C)c1. The third-order valence-electron chi connectivity index (χ3n) is 3.14. The lowest BCUT2D eigenvalue weighted by molar-refractivity contribution is 0.495. The molecule has 0 fully saturated rings. The molecule has 8 heteroatoms. The fourth-order valence-corrected chi connectivity index (χ4v) is 4.21. The van der Waals surface area contributed by atoms with E-state index in [1.54, 1.807) is 0 Å². The Kier molecular flexibility index (Phi) is 4.65. The van der Waals surface area contributed by atoms with E-state index in [0.29, 0.717) is 0 Å². The normalized spacial score (nSPS) is 12.1. The lowest BCUT2D eigenvalue weighted by Crippen LogP contribution is -2.30. The first-order valence-corrected chi connectivity index (χ1v) is 8.78. The van der Waals surface area contributed by atoms with Crippen LogP contribution in [0.2, 0.25) is 0 Å². The van der Waals surface area contributed by atoms with Crippen molar-refractivity contribution in [3.8, 4) is 0 Å². The molecule has 5 nitrogen and oxygen atoms in total. The van der Waals surface area contributed by atoms with Crippen LogP contribution in [0.1, 0.15) is 16.7 Å². The second kappa shape index (κ2) is 6.02. The Morgan fingerprint density at radius 2 is 1.73 bits per heavy atom. The van der Waals surface area contributed by atoms with Crippen LogP contribution in [0, 0.1) is 26.6 Å². The van der Waals surface area contributed by atoms with E-state index < -0.39 is 16.0 Å². The zero-order valence-electron chi connectivity index (χ0n) is 13.1. The maximum Gasteiger partial charge on any atom is 0.323 e. The Morgan fingerprint density at radius 3 is 2.23 bits per heavy atom. The van der Waals surface area contributed by atoms with Gasteiger partial charge in [-0.05, 0) is 31.9 Å². The minimum Gasteiger partial charge on any atom is -0.202 e. The van der Waals surface area contributed by atoms with Gasteiger partial charge in [-0.2, -0.15) is 17.8 Å². The Hall–Kier alpha value is -1.38. The number of nitrogens with zero attached hydrogens (tertiary/aromatic N) is 3. The molecule has 0 aliphatic rings. The van der Waals surface area contributed by atoms with Gasteiger partial charge in [0, 0.05) is 19.0 Å². The first-order chi connectivity index (χ1) is 10.1. The van der Waals surface area contributed by atoms with Crippen LogP contribution in [-0.2, 0) is 10.2 Å². The first kappa shape index (κ1) is 17.0. The number of hydrogen-bond acceptors (Lipinski definition) is 4. The van der Waals surface area contributed by atoms with Crippen LogP contribution < -0.4 is 0 Å². The molecule has 1 aromatic carbocycles. The van der Waals surface area contributed by atoms with E-state index in [-0.39, 0.29) is 5.03 Å². The van der Waals surface area contributed by atoms with E-state index in [1.165, 1.54) is 14.1 Å². The molecule has 0 unspecified atom stereocenters. The van der Waals surface area contributed by atoms with Crippen LogP contribution >= 0.6 is 11.8 Å². The van der Waals surface area contributed by atoms with Crippen molar-refractivity contribution in [1.82, 2.24) is 13.5 Å². The van der Waals surface area contributed by atoms with E-state index >= 15 is 0 Å². The van der Waals surface area contributed by atoms with Crippen LogP contribution in [-0.4, -0.2) is 36.0 Å². The highest BCUT2D eigenvalue weighted by atomic mass is 32.2. The maximum absolute atomic E-state index is 14.0. The fourth-order valence-electron chi connectivity index (χ4n) is 2.13. The summed E-state index contributed by atoms with van der Waals surface area (Å²) in [4.78, 5) is 0.834. The third-order valence-corrected chi connectivity index (χ3v) is 6.30. The molecule has 0 saturated carbocycles. The predicted molar refractivity (Wildman–Crippen MR) is 85.0 cm³/mol. The molecule has 0 atom stereocenters. The van der Waals surface area contributed by atoms with E-state index in [9.17, 15) is 12.8 Å². The molecule has 120 valence electrons. The molecule has 1 heterocycles. The summed E-state index contributed by atoms with van der Waals surface area (Å²) in [5, 5.41) is 3.63. The summed E-state index contributed by atoms with van der Waals surface area (Å²) in [6.07, 6.45) is 0.919. The number of aryl methyl sites for hydroxylation is 3. The molecule has 0 spiro atoms. The summed E-state index contributed by atoms with van der Waals surface area (Å²) in [7, 11) is -1.10. The summed E-state index contributed by atoms with van der Waals surface area (Å²) in [5.41, 5.74) is 3.04. The van der Waals surface area contributed by atoms with Gasteiger partial charge in [-0.1, -0.05) is 29.5 Å². The van der Waals surface area contributed by atoms with Gasteiger partial charge in [0.05, 0.1) is 6.20 Å². The van der Waals surface area contributed by atoms with Crippen molar-refractivity contribution in [2.45, 2.75) is 30.7 Å². The number of benzene rings is 1.